The van der Waals surface area contributed by atoms with Gasteiger partial charge in [-0.2, -0.15) is 0 Å². The third-order valence-corrected chi connectivity index (χ3v) is 3.74. The third-order valence-electron chi connectivity index (χ3n) is 3.74. The summed E-state index contributed by atoms with van der Waals surface area (Å²) in [5, 5.41) is 3.40. The van der Waals surface area contributed by atoms with Crippen LogP contribution in [0.4, 0.5) is 4.39 Å². The van der Waals surface area contributed by atoms with Crippen LogP contribution in [0.2, 0.25) is 0 Å². The lowest BCUT2D eigenvalue weighted by Gasteiger charge is -2.39. The summed E-state index contributed by atoms with van der Waals surface area (Å²) in [5.41, 5.74) is 0.849. The van der Waals surface area contributed by atoms with Crippen LogP contribution in [0.3, 0.4) is 0 Å². The number of aromatic nitrogens is 1. The number of ether oxygens (including phenoxy) is 1. The fraction of sp³-hybridized carbons (Fsp3) is 0.667. The summed E-state index contributed by atoms with van der Waals surface area (Å²) in [6, 6.07) is 2.01. The molecule has 1 aromatic heterocycles. The van der Waals surface area contributed by atoms with Crippen LogP contribution < -0.4 is 5.32 Å². The Balaban J connectivity index is 2.15. The Bertz CT molecular complexity index is 427. The van der Waals surface area contributed by atoms with Crippen LogP contribution in [0.15, 0.2) is 18.5 Å². The van der Waals surface area contributed by atoms with Crippen molar-refractivity contribution in [1.29, 1.82) is 0 Å². The lowest BCUT2D eigenvalue weighted by Crippen LogP contribution is -2.50. The molecule has 0 bridgehead atoms. The number of nitrogens with zero attached hydrogens (tertiary/aromatic N) is 2. The van der Waals surface area contributed by atoms with E-state index < -0.39 is 0 Å². The van der Waals surface area contributed by atoms with Crippen molar-refractivity contribution in [2.24, 2.45) is 0 Å². The van der Waals surface area contributed by atoms with Gasteiger partial charge in [-0.1, -0.05) is 6.92 Å². The van der Waals surface area contributed by atoms with Crippen LogP contribution in [0.1, 0.15) is 32.4 Å². The first kappa shape index (κ1) is 15.4. The second-order valence-electron chi connectivity index (χ2n) is 5.47. The van der Waals surface area contributed by atoms with Gasteiger partial charge in [0.25, 0.3) is 0 Å². The van der Waals surface area contributed by atoms with Gasteiger partial charge in [-0.3, -0.25) is 9.88 Å². The van der Waals surface area contributed by atoms with E-state index in [4.69, 9.17) is 4.74 Å². The lowest BCUT2D eigenvalue weighted by molar-refractivity contribution is -0.0559. The molecule has 0 spiro atoms. The van der Waals surface area contributed by atoms with Gasteiger partial charge in [0.15, 0.2) is 0 Å². The third kappa shape index (κ3) is 3.75. The van der Waals surface area contributed by atoms with Gasteiger partial charge in [0.1, 0.15) is 5.82 Å². The molecule has 4 nitrogen and oxygen atoms in total. The van der Waals surface area contributed by atoms with E-state index >= 15 is 0 Å². The van der Waals surface area contributed by atoms with E-state index in [0.29, 0.717) is 12.6 Å². The average molecular weight is 281 g/mol. The van der Waals surface area contributed by atoms with Crippen molar-refractivity contribution in [3.8, 4) is 0 Å². The van der Waals surface area contributed by atoms with E-state index in [0.717, 1.165) is 25.2 Å². The first-order valence-corrected chi connectivity index (χ1v) is 7.31. The average Bonchev–Trinajstić information content (AvgIpc) is 2.45. The number of rotatable bonds is 5. The minimum Gasteiger partial charge on any atom is -0.374 e. The molecule has 1 aromatic rings. The SMILES string of the molecule is CCNC(c1cncc(F)c1)C1CN(C(C)C)CCO1. The van der Waals surface area contributed by atoms with Crippen LogP contribution in [0.25, 0.3) is 0 Å². The quantitative estimate of drug-likeness (QED) is 0.895. The molecule has 2 heterocycles. The molecule has 20 heavy (non-hydrogen) atoms. The van der Waals surface area contributed by atoms with Gasteiger partial charge in [-0.25, -0.2) is 4.39 Å². The molecule has 1 N–H and O–H groups in total. The molecule has 1 aliphatic heterocycles. The fourth-order valence-corrected chi connectivity index (χ4v) is 2.65. The van der Waals surface area contributed by atoms with E-state index in [-0.39, 0.29) is 18.0 Å². The first-order valence-electron chi connectivity index (χ1n) is 7.31. The van der Waals surface area contributed by atoms with Gasteiger partial charge >= 0.3 is 0 Å². The number of pyridine rings is 1. The van der Waals surface area contributed by atoms with E-state index in [1.165, 1.54) is 12.3 Å². The molecule has 2 unspecified atom stereocenters. The molecular weight excluding hydrogens is 257 g/mol. The standard InChI is InChI=1S/C15H24FN3O/c1-4-18-15(12-7-13(16)9-17-8-12)14-10-19(11(2)3)5-6-20-14/h7-9,11,14-15,18H,4-6,10H2,1-3H3. The number of morpholine rings is 1. The van der Waals surface area contributed by atoms with E-state index in [9.17, 15) is 4.39 Å². The van der Waals surface area contributed by atoms with Gasteiger partial charge in [0.2, 0.25) is 0 Å². The molecule has 1 aliphatic rings. The molecule has 0 saturated carbocycles. The predicted octanol–water partition coefficient (Wildman–Crippen LogP) is 1.98. The number of likely N-dealkylation sites (N-methyl/N-ethyl adjacent to an activating group) is 1. The summed E-state index contributed by atoms with van der Waals surface area (Å²) in [5.74, 6) is -0.304. The summed E-state index contributed by atoms with van der Waals surface area (Å²) in [7, 11) is 0. The molecule has 2 atom stereocenters. The number of hydrogen-bond acceptors (Lipinski definition) is 4. The zero-order chi connectivity index (χ0) is 14.5. The highest BCUT2D eigenvalue weighted by Gasteiger charge is 2.30. The van der Waals surface area contributed by atoms with Crippen LogP contribution in [0.5, 0.6) is 0 Å². The van der Waals surface area contributed by atoms with Crippen LogP contribution in [-0.4, -0.2) is 48.3 Å². The normalized spacial score (nSPS) is 22.1. The van der Waals surface area contributed by atoms with Gasteiger partial charge in [-0.05, 0) is 32.0 Å². The fourth-order valence-electron chi connectivity index (χ4n) is 2.65. The minimum absolute atomic E-state index is 0.0229. The minimum atomic E-state index is -0.304. The Morgan fingerprint density at radius 2 is 2.30 bits per heavy atom. The summed E-state index contributed by atoms with van der Waals surface area (Å²) in [6.45, 7) is 9.75. The largest absolute Gasteiger partial charge is 0.374 e. The second-order valence-corrected chi connectivity index (χ2v) is 5.47. The molecule has 1 saturated heterocycles. The van der Waals surface area contributed by atoms with Crippen molar-refractivity contribution in [1.82, 2.24) is 15.2 Å². The van der Waals surface area contributed by atoms with Crippen molar-refractivity contribution < 1.29 is 9.13 Å². The molecule has 112 valence electrons. The van der Waals surface area contributed by atoms with E-state index in [1.807, 2.05) is 6.92 Å². The number of nitrogens with one attached hydrogen (secondary N) is 1. The van der Waals surface area contributed by atoms with Gasteiger partial charge < -0.3 is 10.1 Å². The number of halogens is 1. The highest BCUT2D eigenvalue weighted by atomic mass is 19.1. The monoisotopic (exact) mass is 281 g/mol. The summed E-state index contributed by atoms with van der Waals surface area (Å²) < 4.78 is 19.3. The number of hydrogen-bond donors (Lipinski definition) is 1. The van der Waals surface area contributed by atoms with Crippen LogP contribution in [0, 0.1) is 5.82 Å². The Morgan fingerprint density at radius 3 is 2.95 bits per heavy atom. The Kier molecular flexibility index (Phi) is 5.46. The zero-order valence-electron chi connectivity index (χ0n) is 12.5. The Labute approximate surface area is 120 Å². The molecule has 0 amide bonds. The highest BCUT2D eigenvalue weighted by molar-refractivity contribution is 5.17. The first-order chi connectivity index (χ1) is 9.61. The Hall–Kier alpha value is -1.04. The molecule has 0 aliphatic carbocycles. The van der Waals surface area contributed by atoms with E-state index in [1.54, 1.807) is 6.20 Å². The topological polar surface area (TPSA) is 37.4 Å². The maximum Gasteiger partial charge on any atom is 0.141 e. The summed E-state index contributed by atoms with van der Waals surface area (Å²) >= 11 is 0. The second kappa shape index (κ2) is 7.11. The van der Waals surface area contributed by atoms with Crippen molar-refractivity contribution in [3.05, 3.63) is 29.8 Å². The molecule has 5 heteroatoms. The van der Waals surface area contributed by atoms with Gasteiger partial charge in [-0.15, -0.1) is 0 Å². The van der Waals surface area contributed by atoms with Gasteiger partial charge in [0, 0.05) is 25.3 Å². The molecule has 0 aromatic carbocycles. The molecule has 2 rings (SSSR count). The molecule has 0 radical (unpaired) electrons. The summed E-state index contributed by atoms with van der Waals surface area (Å²) in [4.78, 5) is 6.35. The smallest absolute Gasteiger partial charge is 0.141 e. The van der Waals surface area contributed by atoms with E-state index in [2.05, 4.69) is 29.0 Å². The van der Waals surface area contributed by atoms with Crippen molar-refractivity contribution in [3.63, 3.8) is 0 Å². The lowest BCUT2D eigenvalue weighted by atomic mass is 10.0. The highest BCUT2D eigenvalue weighted by Crippen LogP contribution is 2.23. The molecular formula is C15H24FN3O. The van der Waals surface area contributed by atoms with Crippen molar-refractivity contribution >= 4 is 0 Å². The predicted molar refractivity (Wildman–Crippen MR) is 77.1 cm³/mol. The van der Waals surface area contributed by atoms with Gasteiger partial charge in [0.05, 0.1) is 24.9 Å². The van der Waals surface area contributed by atoms with Crippen molar-refractivity contribution in [2.75, 3.05) is 26.2 Å². The van der Waals surface area contributed by atoms with Crippen molar-refractivity contribution in [2.45, 2.75) is 39.0 Å². The summed E-state index contributed by atoms with van der Waals surface area (Å²) in [6.07, 6.45) is 2.97. The zero-order valence-corrected chi connectivity index (χ0v) is 12.5. The maximum atomic E-state index is 13.4. The van der Waals surface area contributed by atoms with Crippen LogP contribution >= 0.6 is 0 Å². The maximum absolute atomic E-state index is 13.4. The molecule has 1 fully saturated rings. The van der Waals surface area contributed by atoms with Crippen LogP contribution in [-0.2, 0) is 4.74 Å². The Morgan fingerprint density at radius 1 is 1.50 bits per heavy atom.